The Hall–Kier alpha value is -2.00. The summed E-state index contributed by atoms with van der Waals surface area (Å²) in [6.07, 6.45) is 4.33. The maximum atomic E-state index is 2.36. The first-order valence-electron chi connectivity index (χ1n) is 9.16. The van der Waals surface area contributed by atoms with Gasteiger partial charge in [-0.1, -0.05) is 38.2 Å². The average molecular weight is 367 g/mol. The number of nitrogens with zero attached hydrogens (tertiary/aromatic N) is 2. The van der Waals surface area contributed by atoms with Crippen LogP contribution < -0.4 is 9.13 Å². The first-order chi connectivity index (χ1) is 12.1. The minimum atomic E-state index is 0.137. The molecule has 1 aromatic carbocycles. The SMILES string of the molecule is Cc1cc(C)c(-c2scc[n+]2C)c(C)c1-c1cc(C(C)(C)C)cc[n+]1C. The largest absolute Gasteiger partial charge is 0.269 e. The van der Waals surface area contributed by atoms with Crippen molar-refractivity contribution < 1.29 is 9.13 Å². The van der Waals surface area contributed by atoms with E-state index in [0.29, 0.717) is 0 Å². The van der Waals surface area contributed by atoms with Crippen molar-refractivity contribution in [2.24, 2.45) is 14.1 Å². The van der Waals surface area contributed by atoms with Crippen molar-refractivity contribution in [2.45, 2.75) is 47.0 Å². The highest BCUT2D eigenvalue weighted by molar-refractivity contribution is 7.12. The summed E-state index contributed by atoms with van der Waals surface area (Å²) < 4.78 is 4.47. The first kappa shape index (κ1) is 18.8. The Morgan fingerprint density at radius 1 is 0.846 bits per heavy atom. The molecule has 0 fully saturated rings. The quantitative estimate of drug-likeness (QED) is 0.567. The van der Waals surface area contributed by atoms with Crippen molar-refractivity contribution in [3.05, 3.63) is 58.2 Å². The topological polar surface area (TPSA) is 7.76 Å². The standard InChI is InChI=1S/C23H30N2S/c1-15-13-16(2)21(22-25(8)11-12-26-22)17(3)20(15)19-14-18(23(4,5)6)9-10-24(19)7/h9-14H,1-8H3/q+2. The van der Waals surface area contributed by atoms with E-state index in [2.05, 4.69) is 101 Å². The summed E-state index contributed by atoms with van der Waals surface area (Å²) in [5, 5.41) is 3.48. The average Bonchev–Trinajstić information content (AvgIpc) is 2.93. The fourth-order valence-corrected chi connectivity index (χ4v) is 4.80. The zero-order valence-corrected chi connectivity index (χ0v) is 18.1. The van der Waals surface area contributed by atoms with Crippen molar-refractivity contribution in [2.75, 3.05) is 0 Å². The molecule has 3 rings (SSSR count). The van der Waals surface area contributed by atoms with Crippen LogP contribution in [0.2, 0.25) is 0 Å². The Bertz CT molecular complexity index is 975. The van der Waals surface area contributed by atoms with Crippen molar-refractivity contribution in [1.29, 1.82) is 0 Å². The van der Waals surface area contributed by atoms with Crippen LogP contribution >= 0.6 is 11.3 Å². The molecule has 0 unspecified atom stereocenters. The molecular formula is C23H30N2S+2. The van der Waals surface area contributed by atoms with Crippen molar-refractivity contribution in [3.63, 3.8) is 0 Å². The predicted octanol–water partition coefficient (Wildman–Crippen LogP) is 4.95. The molecule has 3 aromatic rings. The fraction of sp³-hybridized carbons (Fsp3) is 0.391. The van der Waals surface area contributed by atoms with Crippen LogP contribution in [0.25, 0.3) is 21.8 Å². The maximum Gasteiger partial charge on any atom is 0.269 e. The summed E-state index contributed by atoms with van der Waals surface area (Å²) in [5.74, 6) is 0. The molecular weight excluding hydrogens is 336 g/mol. The zero-order valence-electron chi connectivity index (χ0n) is 17.3. The lowest BCUT2D eigenvalue weighted by Crippen LogP contribution is -2.32. The van der Waals surface area contributed by atoms with Crippen LogP contribution in [-0.4, -0.2) is 0 Å². The molecule has 2 nitrogen and oxygen atoms in total. The molecule has 0 amide bonds. The van der Waals surface area contributed by atoms with Gasteiger partial charge < -0.3 is 0 Å². The molecule has 0 radical (unpaired) electrons. The van der Waals surface area contributed by atoms with Crippen molar-refractivity contribution in [1.82, 2.24) is 0 Å². The lowest BCUT2D eigenvalue weighted by molar-refractivity contribution is -0.660. The number of benzene rings is 1. The molecule has 0 saturated carbocycles. The molecule has 0 bridgehead atoms. The van der Waals surface area contributed by atoms with Gasteiger partial charge in [-0.15, -0.1) is 0 Å². The normalized spacial score (nSPS) is 11.8. The molecule has 0 aliphatic heterocycles. The molecule has 2 aromatic heterocycles. The van der Waals surface area contributed by atoms with Gasteiger partial charge in [0.05, 0.1) is 16.5 Å². The van der Waals surface area contributed by atoms with E-state index < -0.39 is 0 Å². The Balaban J connectivity index is 2.32. The number of aryl methyl sites for hydroxylation is 4. The third kappa shape index (κ3) is 3.21. The van der Waals surface area contributed by atoms with Crippen LogP contribution in [0.3, 0.4) is 0 Å². The molecule has 0 atom stereocenters. The van der Waals surface area contributed by atoms with E-state index in [1.165, 1.54) is 44.1 Å². The van der Waals surface area contributed by atoms with Gasteiger partial charge >= 0.3 is 0 Å². The monoisotopic (exact) mass is 366 g/mol. The highest BCUT2D eigenvalue weighted by atomic mass is 32.1. The molecule has 26 heavy (non-hydrogen) atoms. The van der Waals surface area contributed by atoms with Gasteiger partial charge in [0.1, 0.15) is 14.1 Å². The van der Waals surface area contributed by atoms with Gasteiger partial charge in [0, 0.05) is 12.1 Å². The second-order valence-electron chi connectivity index (χ2n) is 8.37. The molecule has 0 aliphatic rings. The summed E-state index contributed by atoms with van der Waals surface area (Å²) in [6, 6.07) is 6.94. The lowest BCUT2D eigenvalue weighted by atomic mass is 9.85. The van der Waals surface area contributed by atoms with Gasteiger partial charge in [0.25, 0.3) is 5.01 Å². The third-order valence-corrected chi connectivity index (χ3v) is 6.22. The molecule has 0 spiro atoms. The number of hydrogen-bond acceptors (Lipinski definition) is 1. The van der Waals surface area contributed by atoms with Crippen molar-refractivity contribution >= 4 is 11.3 Å². The molecule has 3 heteroatoms. The number of rotatable bonds is 2. The number of thiazole rings is 1. The van der Waals surface area contributed by atoms with E-state index in [4.69, 9.17) is 0 Å². The van der Waals surface area contributed by atoms with Gasteiger partial charge in [-0.3, -0.25) is 0 Å². The summed E-state index contributed by atoms with van der Waals surface area (Å²) >= 11 is 1.81. The summed E-state index contributed by atoms with van der Waals surface area (Å²) in [6.45, 7) is 13.6. The van der Waals surface area contributed by atoms with Crippen LogP contribution in [0, 0.1) is 20.8 Å². The Morgan fingerprint density at radius 3 is 2.08 bits per heavy atom. The van der Waals surface area contributed by atoms with E-state index in [1.807, 2.05) is 11.3 Å². The predicted molar refractivity (Wildman–Crippen MR) is 110 cm³/mol. The minimum absolute atomic E-state index is 0.137. The Labute approximate surface area is 161 Å². The first-order valence-corrected chi connectivity index (χ1v) is 10.0. The number of hydrogen-bond donors (Lipinski definition) is 0. The van der Waals surface area contributed by atoms with Crippen LogP contribution in [-0.2, 0) is 19.5 Å². The number of pyridine rings is 1. The Morgan fingerprint density at radius 2 is 1.50 bits per heavy atom. The van der Waals surface area contributed by atoms with E-state index in [9.17, 15) is 0 Å². The number of aromatic nitrogens is 2. The smallest absolute Gasteiger partial charge is 0.201 e. The summed E-state index contributed by atoms with van der Waals surface area (Å²) in [7, 11) is 4.27. The third-order valence-electron chi connectivity index (χ3n) is 5.24. The second kappa shape index (κ2) is 6.62. The lowest BCUT2D eigenvalue weighted by Gasteiger charge is -2.20. The van der Waals surface area contributed by atoms with E-state index in [1.54, 1.807) is 0 Å². The second-order valence-corrected chi connectivity index (χ2v) is 9.26. The van der Waals surface area contributed by atoms with Gasteiger partial charge in [0.15, 0.2) is 12.4 Å². The van der Waals surface area contributed by atoms with E-state index >= 15 is 0 Å². The molecule has 0 saturated heterocycles. The zero-order chi connectivity index (χ0) is 19.2. The highest BCUT2D eigenvalue weighted by Crippen LogP contribution is 2.37. The van der Waals surface area contributed by atoms with Crippen LogP contribution in [0.15, 0.2) is 36.0 Å². The maximum absolute atomic E-state index is 2.36. The van der Waals surface area contributed by atoms with E-state index in [0.717, 1.165) is 0 Å². The van der Waals surface area contributed by atoms with E-state index in [-0.39, 0.29) is 5.41 Å². The fourth-order valence-electron chi connectivity index (χ4n) is 3.77. The van der Waals surface area contributed by atoms with Crippen LogP contribution in [0.4, 0.5) is 0 Å². The van der Waals surface area contributed by atoms with Gasteiger partial charge in [-0.25, -0.2) is 4.57 Å². The van der Waals surface area contributed by atoms with Gasteiger partial charge in [0.2, 0.25) is 5.69 Å². The van der Waals surface area contributed by atoms with Gasteiger partial charge in [-0.2, -0.15) is 4.57 Å². The molecule has 0 N–H and O–H groups in total. The van der Waals surface area contributed by atoms with Crippen LogP contribution in [0.1, 0.15) is 43.0 Å². The molecule has 136 valence electrons. The summed E-state index contributed by atoms with van der Waals surface area (Å²) in [4.78, 5) is 0. The Kier molecular flexibility index (Phi) is 4.78. The highest BCUT2D eigenvalue weighted by Gasteiger charge is 2.26. The summed E-state index contributed by atoms with van der Waals surface area (Å²) in [5.41, 5.74) is 9.56. The molecule has 2 heterocycles. The van der Waals surface area contributed by atoms with Crippen LogP contribution in [0.5, 0.6) is 0 Å². The van der Waals surface area contributed by atoms with Crippen molar-refractivity contribution in [3.8, 4) is 21.8 Å². The molecule has 0 aliphatic carbocycles. The minimum Gasteiger partial charge on any atom is -0.201 e. The van der Waals surface area contributed by atoms with Gasteiger partial charge in [-0.05, 0) is 48.4 Å².